The normalized spacial score (nSPS) is 13.5. The van der Waals surface area contributed by atoms with Gasteiger partial charge in [-0.25, -0.2) is 9.79 Å². The van der Waals surface area contributed by atoms with Gasteiger partial charge in [-0.2, -0.15) is 0 Å². The quantitative estimate of drug-likeness (QED) is 0.587. The van der Waals surface area contributed by atoms with Crippen molar-refractivity contribution in [2.45, 2.75) is 13.6 Å². The summed E-state index contributed by atoms with van der Waals surface area (Å²) < 4.78 is 12.5. The summed E-state index contributed by atoms with van der Waals surface area (Å²) in [5, 5.41) is 0. The molecule has 0 fully saturated rings. The van der Waals surface area contributed by atoms with Gasteiger partial charge in [0.05, 0.1) is 23.8 Å². The van der Waals surface area contributed by atoms with Crippen LogP contribution in [-0.2, 0) is 11.4 Å². The molecule has 0 saturated heterocycles. The number of benzene rings is 2. The Bertz CT molecular complexity index is 1230. The fourth-order valence-electron chi connectivity index (χ4n) is 3.15. The van der Waals surface area contributed by atoms with Crippen LogP contribution in [0.5, 0.6) is 5.75 Å². The van der Waals surface area contributed by atoms with E-state index in [1.165, 1.54) is 11.3 Å². The van der Waals surface area contributed by atoms with Crippen LogP contribution >= 0.6 is 11.3 Å². The molecule has 0 aliphatic carbocycles. The molecular weight excluding hydrogens is 402 g/mol. The van der Waals surface area contributed by atoms with Crippen LogP contribution in [0.2, 0.25) is 0 Å². The number of carbonyl (C=O) groups is 1. The van der Waals surface area contributed by atoms with E-state index in [0.29, 0.717) is 34.8 Å². The third kappa shape index (κ3) is 3.99. The molecule has 1 aliphatic rings. The van der Waals surface area contributed by atoms with Crippen LogP contribution in [0.25, 0.3) is 6.08 Å². The Hall–Kier alpha value is -3.39. The summed E-state index contributed by atoms with van der Waals surface area (Å²) in [4.78, 5) is 32.0. The predicted molar refractivity (Wildman–Crippen MR) is 116 cm³/mol. The minimum atomic E-state index is -0.345. The van der Waals surface area contributed by atoms with Gasteiger partial charge >= 0.3 is 5.97 Å². The minimum absolute atomic E-state index is 0.0672. The second kappa shape index (κ2) is 8.54. The highest BCUT2D eigenvalue weighted by Gasteiger charge is 2.16. The van der Waals surface area contributed by atoms with E-state index in [9.17, 15) is 9.59 Å². The lowest BCUT2D eigenvalue weighted by Gasteiger charge is -2.25. The SMILES string of the molecule is CCOC(=O)c1ccc(N2CN=c3sc(=Cc4ccc(OC)cc4)c(=O)n3C2)cc1. The van der Waals surface area contributed by atoms with Crippen molar-refractivity contribution in [1.82, 2.24) is 4.57 Å². The number of thiazole rings is 1. The topological polar surface area (TPSA) is 73.1 Å². The zero-order chi connectivity index (χ0) is 21.1. The zero-order valence-corrected chi connectivity index (χ0v) is 17.5. The maximum Gasteiger partial charge on any atom is 0.338 e. The average molecular weight is 423 g/mol. The van der Waals surface area contributed by atoms with Crippen LogP contribution in [0.1, 0.15) is 22.8 Å². The van der Waals surface area contributed by atoms with Crippen molar-refractivity contribution in [3.05, 3.63) is 79.3 Å². The third-order valence-electron chi connectivity index (χ3n) is 4.73. The highest BCUT2D eigenvalue weighted by atomic mass is 32.1. The van der Waals surface area contributed by atoms with Crippen molar-refractivity contribution >= 4 is 29.1 Å². The standard InChI is InChI=1S/C22H21N3O4S/c1-3-29-21(27)16-6-8-17(9-7-16)24-13-23-22-25(14-24)20(26)19(30-22)12-15-4-10-18(28-2)11-5-15/h4-12H,3,13-14H2,1-2H3. The highest BCUT2D eigenvalue weighted by Crippen LogP contribution is 2.17. The average Bonchev–Trinajstić information content (AvgIpc) is 3.09. The number of anilines is 1. The van der Waals surface area contributed by atoms with Crippen LogP contribution in [0.15, 0.2) is 58.3 Å². The summed E-state index contributed by atoms with van der Waals surface area (Å²) in [6.45, 7) is 2.97. The fourth-order valence-corrected chi connectivity index (χ4v) is 4.11. The van der Waals surface area contributed by atoms with Gasteiger partial charge in [0.25, 0.3) is 5.56 Å². The molecule has 30 heavy (non-hydrogen) atoms. The Kier molecular flexibility index (Phi) is 5.67. The molecule has 0 spiro atoms. The molecule has 2 aromatic carbocycles. The first-order valence-corrected chi connectivity index (χ1v) is 10.3. The van der Waals surface area contributed by atoms with Gasteiger partial charge in [-0.3, -0.25) is 9.36 Å². The summed E-state index contributed by atoms with van der Waals surface area (Å²) in [6, 6.07) is 14.7. The number of carbonyl (C=O) groups excluding carboxylic acids is 1. The van der Waals surface area contributed by atoms with Crippen molar-refractivity contribution in [3.8, 4) is 5.75 Å². The Morgan fingerprint density at radius 1 is 1.17 bits per heavy atom. The van der Waals surface area contributed by atoms with Gasteiger partial charge in [-0.05, 0) is 55.0 Å². The van der Waals surface area contributed by atoms with Crippen molar-refractivity contribution in [2.75, 3.05) is 25.3 Å². The van der Waals surface area contributed by atoms with Crippen LogP contribution < -0.4 is 24.5 Å². The van der Waals surface area contributed by atoms with Gasteiger partial charge in [0.15, 0.2) is 4.80 Å². The van der Waals surface area contributed by atoms with E-state index in [-0.39, 0.29) is 11.5 Å². The number of aromatic nitrogens is 1. The van der Waals surface area contributed by atoms with Crippen molar-refractivity contribution < 1.29 is 14.3 Å². The zero-order valence-electron chi connectivity index (χ0n) is 16.7. The summed E-state index contributed by atoms with van der Waals surface area (Å²) in [5.74, 6) is 0.427. The number of hydrogen-bond donors (Lipinski definition) is 0. The molecule has 0 radical (unpaired) electrons. The molecule has 0 bridgehead atoms. The van der Waals surface area contributed by atoms with Crippen LogP contribution in [0.3, 0.4) is 0 Å². The molecule has 8 heteroatoms. The minimum Gasteiger partial charge on any atom is -0.497 e. The molecular formula is C22H21N3O4S. The lowest BCUT2D eigenvalue weighted by atomic mass is 10.2. The van der Waals surface area contributed by atoms with E-state index in [4.69, 9.17) is 9.47 Å². The molecule has 154 valence electrons. The molecule has 1 aromatic heterocycles. The van der Waals surface area contributed by atoms with E-state index >= 15 is 0 Å². The number of ether oxygens (including phenoxy) is 2. The molecule has 7 nitrogen and oxygen atoms in total. The number of nitrogens with zero attached hydrogens (tertiary/aromatic N) is 3. The van der Waals surface area contributed by atoms with Gasteiger partial charge in [-0.1, -0.05) is 23.5 Å². The van der Waals surface area contributed by atoms with E-state index < -0.39 is 0 Å². The molecule has 4 rings (SSSR count). The van der Waals surface area contributed by atoms with Crippen LogP contribution in [0, 0.1) is 0 Å². The number of hydrogen-bond acceptors (Lipinski definition) is 7. The van der Waals surface area contributed by atoms with Gasteiger partial charge < -0.3 is 14.4 Å². The second-order valence-electron chi connectivity index (χ2n) is 6.65. The Labute approximate surface area is 177 Å². The molecule has 0 unspecified atom stereocenters. The number of esters is 1. The summed E-state index contributed by atoms with van der Waals surface area (Å²) in [6.07, 6.45) is 1.87. The molecule has 3 aromatic rings. The fraction of sp³-hybridized carbons (Fsp3) is 0.227. The summed E-state index contributed by atoms with van der Waals surface area (Å²) in [5.41, 5.74) is 2.25. The van der Waals surface area contributed by atoms with Crippen LogP contribution in [0.4, 0.5) is 5.69 Å². The lowest BCUT2D eigenvalue weighted by Crippen LogP contribution is -2.42. The molecule has 0 saturated carbocycles. The Morgan fingerprint density at radius 3 is 2.57 bits per heavy atom. The monoisotopic (exact) mass is 423 g/mol. The summed E-state index contributed by atoms with van der Waals surface area (Å²) in [7, 11) is 1.62. The summed E-state index contributed by atoms with van der Waals surface area (Å²) >= 11 is 1.38. The maximum atomic E-state index is 12.9. The largest absolute Gasteiger partial charge is 0.497 e. The second-order valence-corrected chi connectivity index (χ2v) is 7.66. The Morgan fingerprint density at radius 2 is 1.90 bits per heavy atom. The van der Waals surface area contributed by atoms with Gasteiger partial charge in [0.1, 0.15) is 19.1 Å². The van der Waals surface area contributed by atoms with Gasteiger partial charge in [0.2, 0.25) is 0 Å². The third-order valence-corrected chi connectivity index (χ3v) is 5.78. The predicted octanol–water partition coefficient (Wildman–Crippen LogP) is 1.98. The van der Waals surface area contributed by atoms with Crippen molar-refractivity contribution in [1.29, 1.82) is 0 Å². The van der Waals surface area contributed by atoms with E-state index in [1.807, 2.05) is 47.4 Å². The molecule has 2 heterocycles. The smallest absolute Gasteiger partial charge is 0.338 e. The molecule has 0 N–H and O–H groups in total. The lowest BCUT2D eigenvalue weighted by molar-refractivity contribution is 0.0526. The number of methoxy groups -OCH3 is 1. The highest BCUT2D eigenvalue weighted by molar-refractivity contribution is 7.07. The number of fused-ring (bicyclic) bond motifs is 1. The molecule has 0 atom stereocenters. The first-order valence-electron chi connectivity index (χ1n) is 9.51. The van der Waals surface area contributed by atoms with E-state index in [1.54, 1.807) is 30.7 Å². The molecule has 1 aliphatic heterocycles. The number of rotatable bonds is 5. The first kappa shape index (κ1) is 19.9. The van der Waals surface area contributed by atoms with Gasteiger partial charge in [-0.15, -0.1) is 0 Å². The van der Waals surface area contributed by atoms with Gasteiger partial charge in [0, 0.05) is 5.69 Å². The maximum absolute atomic E-state index is 12.9. The van der Waals surface area contributed by atoms with E-state index in [0.717, 1.165) is 17.0 Å². The molecule has 0 amide bonds. The van der Waals surface area contributed by atoms with Crippen molar-refractivity contribution in [2.24, 2.45) is 4.99 Å². The Balaban J connectivity index is 1.58. The van der Waals surface area contributed by atoms with Crippen LogP contribution in [-0.4, -0.2) is 30.9 Å². The first-order chi connectivity index (χ1) is 14.6. The van der Waals surface area contributed by atoms with Crippen molar-refractivity contribution in [3.63, 3.8) is 0 Å². The van der Waals surface area contributed by atoms with E-state index in [2.05, 4.69) is 4.99 Å².